The lowest BCUT2D eigenvalue weighted by atomic mass is 9.87. The summed E-state index contributed by atoms with van der Waals surface area (Å²) in [4.78, 5) is 4.53. The van der Waals surface area contributed by atoms with Gasteiger partial charge in [-0.2, -0.15) is 0 Å². The molecule has 0 heterocycles. The number of nitrogens with zero attached hydrogens (tertiary/aromatic N) is 1. The third kappa shape index (κ3) is 5.08. The van der Waals surface area contributed by atoms with Gasteiger partial charge in [0.15, 0.2) is 5.96 Å². The second-order valence-electron chi connectivity index (χ2n) is 6.57. The number of fused-ring (bicyclic) bond motifs is 1. The van der Waals surface area contributed by atoms with Gasteiger partial charge in [-0.1, -0.05) is 6.07 Å². The van der Waals surface area contributed by atoms with Crippen molar-refractivity contribution in [2.24, 2.45) is 16.6 Å². The van der Waals surface area contributed by atoms with Crippen molar-refractivity contribution in [2.75, 3.05) is 19.0 Å². The summed E-state index contributed by atoms with van der Waals surface area (Å²) in [6.45, 7) is 0.820. The number of nitrogens with one attached hydrogen (secondary N) is 1. The number of benzene rings is 1. The minimum atomic E-state index is 0. The zero-order valence-corrected chi connectivity index (χ0v) is 16.2. The van der Waals surface area contributed by atoms with Crippen LogP contribution < -0.4 is 11.1 Å². The summed E-state index contributed by atoms with van der Waals surface area (Å²) in [5.74, 6) is 1.18. The Hall–Kier alpha value is -0.820. The van der Waals surface area contributed by atoms with Crippen molar-refractivity contribution < 1.29 is 4.74 Å². The van der Waals surface area contributed by atoms with Crippen LogP contribution in [-0.4, -0.2) is 25.7 Å². The van der Waals surface area contributed by atoms with E-state index in [1.807, 2.05) is 7.11 Å². The van der Waals surface area contributed by atoms with Crippen molar-refractivity contribution in [1.82, 2.24) is 0 Å². The first-order valence-electron chi connectivity index (χ1n) is 8.46. The molecule has 1 aromatic rings. The highest BCUT2D eigenvalue weighted by molar-refractivity contribution is 14.0. The second-order valence-corrected chi connectivity index (χ2v) is 6.57. The molecule has 0 aromatic heterocycles. The monoisotopic (exact) mass is 429 g/mol. The Labute approximate surface area is 156 Å². The molecule has 0 atom stereocenters. The lowest BCUT2D eigenvalue weighted by molar-refractivity contribution is 0.0581. The molecule has 128 valence electrons. The summed E-state index contributed by atoms with van der Waals surface area (Å²) in [5, 5.41) is 3.23. The highest BCUT2D eigenvalue weighted by Gasteiger charge is 2.20. The van der Waals surface area contributed by atoms with Crippen molar-refractivity contribution in [3.05, 3.63) is 29.3 Å². The average molecular weight is 429 g/mol. The normalized spacial score (nSPS) is 24.0. The molecule has 4 nitrogen and oxygen atoms in total. The molecule has 0 saturated heterocycles. The molecule has 1 saturated carbocycles. The van der Waals surface area contributed by atoms with Gasteiger partial charge < -0.3 is 15.8 Å². The lowest BCUT2D eigenvalue weighted by Crippen LogP contribution is -2.26. The number of aryl methyl sites for hydroxylation is 2. The summed E-state index contributed by atoms with van der Waals surface area (Å²) in [7, 11) is 1.81. The first-order chi connectivity index (χ1) is 10.7. The van der Waals surface area contributed by atoms with E-state index >= 15 is 0 Å². The second kappa shape index (κ2) is 8.87. The number of nitrogens with two attached hydrogens (primary N) is 1. The van der Waals surface area contributed by atoms with E-state index in [0.29, 0.717) is 18.0 Å². The molecule has 3 rings (SSSR count). The van der Waals surface area contributed by atoms with Gasteiger partial charge in [0.25, 0.3) is 0 Å². The number of hydrogen-bond donors (Lipinski definition) is 2. The minimum Gasteiger partial charge on any atom is -0.381 e. The number of anilines is 1. The first kappa shape index (κ1) is 18.5. The zero-order valence-electron chi connectivity index (χ0n) is 13.9. The van der Waals surface area contributed by atoms with E-state index in [1.54, 1.807) is 0 Å². The van der Waals surface area contributed by atoms with Gasteiger partial charge in [-0.25, -0.2) is 0 Å². The quantitative estimate of drug-likeness (QED) is 0.436. The highest BCUT2D eigenvalue weighted by Crippen LogP contribution is 2.26. The molecule has 0 unspecified atom stereocenters. The van der Waals surface area contributed by atoms with Crippen LogP contribution >= 0.6 is 24.0 Å². The molecule has 1 fully saturated rings. The maximum Gasteiger partial charge on any atom is 0.193 e. The molecule has 0 amide bonds. The van der Waals surface area contributed by atoms with Gasteiger partial charge in [0.1, 0.15) is 0 Å². The Balaban J connectivity index is 0.00000192. The largest absolute Gasteiger partial charge is 0.381 e. The van der Waals surface area contributed by atoms with E-state index in [9.17, 15) is 0 Å². The molecular weight excluding hydrogens is 401 g/mol. The molecule has 0 spiro atoms. The molecule has 23 heavy (non-hydrogen) atoms. The van der Waals surface area contributed by atoms with Crippen LogP contribution in [0.4, 0.5) is 5.69 Å². The number of guanidine groups is 1. The predicted octanol–water partition coefficient (Wildman–Crippen LogP) is 3.73. The number of ether oxygens (including phenoxy) is 1. The Morgan fingerprint density at radius 2 is 1.96 bits per heavy atom. The molecule has 0 aliphatic heterocycles. The SMILES string of the molecule is COC1CCC(CN=C(N)Nc2ccc3c(c2)CCC3)CC1.I. The van der Waals surface area contributed by atoms with E-state index in [-0.39, 0.29) is 24.0 Å². The number of aliphatic imine (C=N–C) groups is 1. The summed E-state index contributed by atoms with van der Waals surface area (Å²) in [6, 6.07) is 6.54. The van der Waals surface area contributed by atoms with Gasteiger partial charge in [0.2, 0.25) is 0 Å². The van der Waals surface area contributed by atoms with E-state index < -0.39 is 0 Å². The van der Waals surface area contributed by atoms with Crippen LogP contribution in [-0.2, 0) is 17.6 Å². The third-order valence-corrected chi connectivity index (χ3v) is 5.02. The Bertz CT molecular complexity index is 539. The lowest BCUT2D eigenvalue weighted by Gasteiger charge is -2.26. The zero-order chi connectivity index (χ0) is 15.4. The summed E-state index contributed by atoms with van der Waals surface area (Å²) in [6.07, 6.45) is 8.79. The summed E-state index contributed by atoms with van der Waals surface area (Å²) < 4.78 is 5.41. The van der Waals surface area contributed by atoms with Crippen LogP contribution in [0.2, 0.25) is 0 Å². The molecule has 2 aliphatic rings. The van der Waals surface area contributed by atoms with Gasteiger partial charge in [0.05, 0.1) is 6.10 Å². The Morgan fingerprint density at radius 3 is 2.70 bits per heavy atom. The van der Waals surface area contributed by atoms with Crippen LogP contribution in [0.5, 0.6) is 0 Å². The van der Waals surface area contributed by atoms with E-state index in [4.69, 9.17) is 10.5 Å². The number of methoxy groups -OCH3 is 1. The maximum atomic E-state index is 6.04. The fraction of sp³-hybridized carbons (Fsp3) is 0.611. The van der Waals surface area contributed by atoms with Crippen LogP contribution in [0.3, 0.4) is 0 Å². The predicted molar refractivity (Wildman–Crippen MR) is 107 cm³/mol. The highest BCUT2D eigenvalue weighted by atomic mass is 127. The summed E-state index contributed by atoms with van der Waals surface area (Å²) >= 11 is 0. The van der Waals surface area contributed by atoms with Crippen molar-refractivity contribution in [2.45, 2.75) is 51.0 Å². The van der Waals surface area contributed by atoms with E-state index in [2.05, 4.69) is 28.5 Å². The molecule has 0 radical (unpaired) electrons. The van der Waals surface area contributed by atoms with Gasteiger partial charge in [-0.15, -0.1) is 24.0 Å². The van der Waals surface area contributed by atoms with Crippen molar-refractivity contribution in [1.29, 1.82) is 0 Å². The number of halogens is 1. The van der Waals surface area contributed by atoms with Crippen molar-refractivity contribution >= 4 is 35.6 Å². The maximum absolute atomic E-state index is 6.04. The van der Waals surface area contributed by atoms with Crippen LogP contribution in [0.15, 0.2) is 23.2 Å². The molecule has 0 bridgehead atoms. The van der Waals surface area contributed by atoms with Crippen LogP contribution in [0.25, 0.3) is 0 Å². The molecule has 3 N–H and O–H groups in total. The van der Waals surface area contributed by atoms with Crippen molar-refractivity contribution in [3.8, 4) is 0 Å². The molecule has 5 heteroatoms. The standard InChI is InChI=1S/C18H27N3O.HI/c1-22-17-9-5-13(6-10-17)12-20-18(19)21-16-8-7-14-3-2-4-15(14)11-16;/h7-8,11,13,17H,2-6,9-10,12H2,1H3,(H3,19,20,21);1H. The average Bonchev–Trinajstić information content (AvgIpc) is 3.01. The van der Waals surface area contributed by atoms with Gasteiger partial charge in [0, 0.05) is 19.3 Å². The van der Waals surface area contributed by atoms with Gasteiger partial charge in [-0.3, -0.25) is 4.99 Å². The fourth-order valence-corrected chi connectivity index (χ4v) is 3.61. The first-order valence-corrected chi connectivity index (χ1v) is 8.46. The Morgan fingerprint density at radius 1 is 1.22 bits per heavy atom. The van der Waals surface area contributed by atoms with E-state index in [1.165, 1.54) is 43.2 Å². The third-order valence-electron chi connectivity index (χ3n) is 5.02. The van der Waals surface area contributed by atoms with Gasteiger partial charge in [-0.05, 0) is 74.1 Å². The van der Waals surface area contributed by atoms with Crippen molar-refractivity contribution in [3.63, 3.8) is 0 Å². The number of hydrogen-bond acceptors (Lipinski definition) is 2. The number of rotatable bonds is 4. The van der Waals surface area contributed by atoms with Crippen LogP contribution in [0, 0.1) is 5.92 Å². The van der Waals surface area contributed by atoms with Crippen LogP contribution in [0.1, 0.15) is 43.2 Å². The smallest absolute Gasteiger partial charge is 0.193 e. The molecule has 2 aliphatic carbocycles. The minimum absolute atomic E-state index is 0. The Kier molecular flexibility index (Phi) is 7.14. The van der Waals surface area contributed by atoms with E-state index in [0.717, 1.165) is 25.1 Å². The van der Waals surface area contributed by atoms with Gasteiger partial charge >= 0.3 is 0 Å². The molecular formula is C18H28IN3O. The fourth-order valence-electron chi connectivity index (χ4n) is 3.61. The topological polar surface area (TPSA) is 59.6 Å². The molecule has 1 aromatic carbocycles. The summed E-state index contributed by atoms with van der Waals surface area (Å²) in [5.41, 5.74) is 10.0.